The fraction of sp³-hybridized carbons (Fsp3) is 1.00. The van der Waals surface area contributed by atoms with Gasteiger partial charge in [0.15, 0.2) is 0 Å². The van der Waals surface area contributed by atoms with Crippen molar-refractivity contribution in [3.8, 4) is 0 Å². The summed E-state index contributed by atoms with van der Waals surface area (Å²) >= 11 is 0. The van der Waals surface area contributed by atoms with Gasteiger partial charge in [0.25, 0.3) is 0 Å². The van der Waals surface area contributed by atoms with E-state index in [0.717, 1.165) is 23.2 Å². The molecule has 0 heteroatoms. The molecule has 14 heavy (non-hydrogen) atoms. The lowest BCUT2D eigenvalue weighted by atomic mass is 9.79. The van der Waals surface area contributed by atoms with Gasteiger partial charge in [0.05, 0.1) is 0 Å². The lowest BCUT2D eigenvalue weighted by Crippen LogP contribution is -2.17. The topological polar surface area (TPSA) is 0 Å². The van der Waals surface area contributed by atoms with E-state index in [1.807, 2.05) is 0 Å². The highest BCUT2D eigenvalue weighted by Crippen LogP contribution is 2.64. The standard InChI is InChI=1S/C14H28/c1-6-8-12(5)14(9-7-2)10-13(14)11(3)4/h11-13H,6-10H2,1-5H3. The predicted octanol–water partition coefficient (Wildman–Crippen LogP) is 4.89. The van der Waals surface area contributed by atoms with Crippen molar-refractivity contribution in [3.63, 3.8) is 0 Å². The monoisotopic (exact) mass is 196 g/mol. The van der Waals surface area contributed by atoms with Gasteiger partial charge < -0.3 is 0 Å². The minimum absolute atomic E-state index is 0.749. The predicted molar refractivity (Wildman–Crippen MR) is 64.4 cm³/mol. The van der Waals surface area contributed by atoms with Crippen LogP contribution >= 0.6 is 0 Å². The molecule has 0 aliphatic heterocycles. The van der Waals surface area contributed by atoms with Gasteiger partial charge in [-0.05, 0) is 36.0 Å². The van der Waals surface area contributed by atoms with E-state index in [4.69, 9.17) is 0 Å². The Morgan fingerprint density at radius 1 is 1.14 bits per heavy atom. The molecule has 0 aromatic carbocycles. The van der Waals surface area contributed by atoms with Crippen molar-refractivity contribution >= 4 is 0 Å². The Kier molecular flexibility index (Phi) is 4.04. The smallest absolute Gasteiger partial charge is 0.0238 e. The average molecular weight is 196 g/mol. The third kappa shape index (κ3) is 2.15. The van der Waals surface area contributed by atoms with Gasteiger partial charge >= 0.3 is 0 Å². The largest absolute Gasteiger partial charge is 0.0654 e. The van der Waals surface area contributed by atoms with Crippen molar-refractivity contribution in [1.82, 2.24) is 0 Å². The van der Waals surface area contributed by atoms with Crippen LogP contribution in [-0.4, -0.2) is 0 Å². The third-order valence-electron chi connectivity index (χ3n) is 4.40. The zero-order chi connectivity index (χ0) is 10.8. The van der Waals surface area contributed by atoms with Crippen molar-refractivity contribution < 1.29 is 0 Å². The molecule has 0 aromatic rings. The van der Waals surface area contributed by atoms with Crippen molar-refractivity contribution in [1.29, 1.82) is 0 Å². The molecule has 0 amide bonds. The second kappa shape index (κ2) is 4.68. The summed E-state index contributed by atoms with van der Waals surface area (Å²) in [5, 5.41) is 0. The highest BCUT2D eigenvalue weighted by molar-refractivity contribution is 5.05. The van der Waals surface area contributed by atoms with Gasteiger partial charge in [0, 0.05) is 0 Å². The van der Waals surface area contributed by atoms with Gasteiger partial charge in [-0.25, -0.2) is 0 Å². The van der Waals surface area contributed by atoms with Crippen LogP contribution in [0.3, 0.4) is 0 Å². The molecule has 1 rings (SSSR count). The summed E-state index contributed by atoms with van der Waals surface area (Å²) < 4.78 is 0. The van der Waals surface area contributed by atoms with Crippen LogP contribution in [0.1, 0.15) is 66.7 Å². The fourth-order valence-electron chi connectivity index (χ4n) is 3.54. The summed E-state index contributed by atoms with van der Waals surface area (Å²) in [6.45, 7) is 12.0. The van der Waals surface area contributed by atoms with E-state index in [0.29, 0.717) is 0 Å². The third-order valence-corrected chi connectivity index (χ3v) is 4.40. The molecule has 1 fully saturated rings. The Balaban J connectivity index is 2.57. The van der Waals surface area contributed by atoms with Crippen LogP contribution in [0.5, 0.6) is 0 Å². The molecule has 1 aliphatic rings. The van der Waals surface area contributed by atoms with E-state index in [1.54, 1.807) is 0 Å². The molecule has 1 aliphatic carbocycles. The summed E-state index contributed by atoms with van der Waals surface area (Å²) in [6.07, 6.45) is 7.15. The molecule has 0 N–H and O–H groups in total. The Morgan fingerprint density at radius 2 is 1.79 bits per heavy atom. The Morgan fingerprint density at radius 3 is 2.14 bits per heavy atom. The van der Waals surface area contributed by atoms with Crippen molar-refractivity contribution in [2.75, 3.05) is 0 Å². The van der Waals surface area contributed by atoms with Crippen LogP contribution in [0, 0.1) is 23.2 Å². The first-order chi connectivity index (χ1) is 6.58. The zero-order valence-corrected chi connectivity index (χ0v) is 10.8. The van der Waals surface area contributed by atoms with E-state index in [2.05, 4.69) is 34.6 Å². The van der Waals surface area contributed by atoms with Crippen LogP contribution in [0.25, 0.3) is 0 Å². The molecule has 0 nitrogen and oxygen atoms in total. The molecule has 84 valence electrons. The second-order valence-corrected chi connectivity index (χ2v) is 5.73. The number of hydrogen-bond donors (Lipinski definition) is 0. The summed E-state index contributed by atoms with van der Waals surface area (Å²) in [7, 11) is 0. The minimum Gasteiger partial charge on any atom is -0.0654 e. The maximum atomic E-state index is 2.49. The molecule has 0 radical (unpaired) electrons. The Labute approximate surface area is 90.5 Å². The average Bonchev–Trinajstić information content (AvgIpc) is 2.82. The maximum Gasteiger partial charge on any atom is -0.0238 e. The van der Waals surface area contributed by atoms with E-state index in [1.165, 1.54) is 32.1 Å². The highest BCUT2D eigenvalue weighted by Gasteiger charge is 2.56. The Bertz CT molecular complexity index is 171. The van der Waals surface area contributed by atoms with Crippen LogP contribution in [0.4, 0.5) is 0 Å². The first-order valence-corrected chi connectivity index (χ1v) is 6.58. The first kappa shape index (κ1) is 12.1. The molecule has 0 heterocycles. The highest BCUT2D eigenvalue weighted by atomic mass is 14.6. The first-order valence-electron chi connectivity index (χ1n) is 6.58. The maximum absolute atomic E-state index is 2.49. The summed E-state index contributed by atoms with van der Waals surface area (Å²) in [5.41, 5.74) is 0.749. The second-order valence-electron chi connectivity index (χ2n) is 5.73. The van der Waals surface area contributed by atoms with Crippen LogP contribution in [0.15, 0.2) is 0 Å². The van der Waals surface area contributed by atoms with Gasteiger partial charge in [-0.2, -0.15) is 0 Å². The van der Waals surface area contributed by atoms with Gasteiger partial charge in [-0.15, -0.1) is 0 Å². The van der Waals surface area contributed by atoms with Gasteiger partial charge in [0.2, 0.25) is 0 Å². The summed E-state index contributed by atoms with van der Waals surface area (Å²) in [6, 6.07) is 0. The summed E-state index contributed by atoms with van der Waals surface area (Å²) in [4.78, 5) is 0. The molecular formula is C14H28. The van der Waals surface area contributed by atoms with Crippen molar-refractivity contribution in [2.24, 2.45) is 23.2 Å². The van der Waals surface area contributed by atoms with Gasteiger partial charge in [0.1, 0.15) is 0 Å². The normalized spacial score (nSPS) is 33.4. The summed E-state index contributed by atoms with van der Waals surface area (Å²) in [5.74, 6) is 2.89. The Hall–Kier alpha value is 0. The molecule has 0 saturated heterocycles. The molecule has 1 saturated carbocycles. The number of hydrogen-bond acceptors (Lipinski definition) is 0. The van der Waals surface area contributed by atoms with Crippen molar-refractivity contribution in [2.45, 2.75) is 66.7 Å². The van der Waals surface area contributed by atoms with Gasteiger partial charge in [-0.1, -0.05) is 53.9 Å². The molecule has 0 spiro atoms. The SMILES string of the molecule is CCCC(C)C1(CCC)CC1C(C)C. The minimum atomic E-state index is 0.749. The molecule has 0 bridgehead atoms. The molecular weight excluding hydrogens is 168 g/mol. The van der Waals surface area contributed by atoms with E-state index >= 15 is 0 Å². The zero-order valence-electron chi connectivity index (χ0n) is 10.8. The van der Waals surface area contributed by atoms with Crippen LogP contribution in [0.2, 0.25) is 0 Å². The lowest BCUT2D eigenvalue weighted by Gasteiger charge is -2.26. The van der Waals surface area contributed by atoms with E-state index < -0.39 is 0 Å². The van der Waals surface area contributed by atoms with Crippen LogP contribution in [-0.2, 0) is 0 Å². The fourth-order valence-corrected chi connectivity index (χ4v) is 3.54. The lowest BCUT2D eigenvalue weighted by molar-refractivity contribution is 0.240. The molecule has 3 unspecified atom stereocenters. The van der Waals surface area contributed by atoms with Crippen LogP contribution < -0.4 is 0 Å². The number of rotatable bonds is 6. The molecule has 3 atom stereocenters. The molecule has 0 aromatic heterocycles. The van der Waals surface area contributed by atoms with E-state index in [-0.39, 0.29) is 0 Å². The van der Waals surface area contributed by atoms with Crippen molar-refractivity contribution in [3.05, 3.63) is 0 Å². The van der Waals surface area contributed by atoms with E-state index in [9.17, 15) is 0 Å². The quantitative estimate of drug-likeness (QED) is 0.567. The van der Waals surface area contributed by atoms with Gasteiger partial charge in [-0.3, -0.25) is 0 Å².